The summed E-state index contributed by atoms with van der Waals surface area (Å²) in [5.74, 6) is 0. The molecule has 0 bridgehead atoms. The highest BCUT2D eigenvalue weighted by atomic mass is 16.1. The van der Waals surface area contributed by atoms with E-state index < -0.39 is 0 Å². The van der Waals surface area contributed by atoms with E-state index in [9.17, 15) is 4.79 Å². The van der Waals surface area contributed by atoms with Crippen LogP contribution in [-0.4, -0.2) is 19.4 Å². The van der Waals surface area contributed by atoms with Gasteiger partial charge in [0, 0.05) is 18.7 Å². The first-order valence-electron chi connectivity index (χ1n) is 4.42. The number of carbonyl (C=O) groups is 1. The summed E-state index contributed by atoms with van der Waals surface area (Å²) < 4.78 is 0. The molecule has 0 unspecified atom stereocenters. The van der Waals surface area contributed by atoms with Crippen LogP contribution in [0.1, 0.15) is 22.1 Å². The minimum absolute atomic E-state index is 0.251. The van der Waals surface area contributed by atoms with Gasteiger partial charge in [0.2, 0.25) is 0 Å². The average Bonchev–Trinajstić information content (AvgIpc) is 2.71. The zero-order valence-corrected chi connectivity index (χ0v) is 7.29. The van der Waals surface area contributed by atoms with Crippen molar-refractivity contribution in [2.24, 2.45) is 0 Å². The van der Waals surface area contributed by atoms with Gasteiger partial charge in [-0.1, -0.05) is 24.3 Å². The number of hydrogen-bond donors (Lipinski definition) is 2. The zero-order chi connectivity index (χ0) is 9.10. The maximum absolute atomic E-state index is 10.4. The van der Waals surface area contributed by atoms with Crippen molar-refractivity contribution in [3.05, 3.63) is 35.4 Å². The normalized spacial score (nSPS) is 17.5. The van der Waals surface area contributed by atoms with Gasteiger partial charge in [0.05, 0.1) is 6.17 Å². The van der Waals surface area contributed by atoms with Gasteiger partial charge in [0.25, 0.3) is 0 Å². The lowest BCUT2D eigenvalue weighted by Gasteiger charge is -2.10. The van der Waals surface area contributed by atoms with Gasteiger partial charge in [-0.3, -0.25) is 15.4 Å². The van der Waals surface area contributed by atoms with Crippen LogP contribution in [0.25, 0.3) is 0 Å². The quantitative estimate of drug-likeness (QED) is 0.651. The molecule has 0 aromatic heterocycles. The van der Waals surface area contributed by atoms with E-state index in [-0.39, 0.29) is 6.17 Å². The smallest absolute Gasteiger partial charge is 0.150 e. The van der Waals surface area contributed by atoms with Crippen molar-refractivity contribution >= 4 is 6.29 Å². The van der Waals surface area contributed by atoms with Gasteiger partial charge in [-0.2, -0.15) is 0 Å². The zero-order valence-electron chi connectivity index (χ0n) is 7.29. The number of nitrogens with one attached hydrogen (secondary N) is 2. The number of rotatable bonds is 2. The Hall–Kier alpha value is -1.19. The molecule has 1 aliphatic rings. The molecule has 1 heterocycles. The lowest BCUT2D eigenvalue weighted by molar-refractivity contribution is 0.112. The molecule has 1 fully saturated rings. The highest BCUT2D eigenvalue weighted by molar-refractivity contribution is 5.74. The van der Waals surface area contributed by atoms with Gasteiger partial charge in [-0.25, -0.2) is 0 Å². The van der Waals surface area contributed by atoms with Crippen molar-refractivity contribution in [1.29, 1.82) is 0 Å². The number of hydrogen-bond acceptors (Lipinski definition) is 3. The van der Waals surface area contributed by atoms with E-state index in [2.05, 4.69) is 10.6 Å². The van der Waals surface area contributed by atoms with Crippen LogP contribution in [0.5, 0.6) is 0 Å². The molecule has 0 spiro atoms. The molecular formula is C10H12N2O. The highest BCUT2D eigenvalue weighted by Gasteiger charge is 2.14. The van der Waals surface area contributed by atoms with Crippen LogP contribution in [0.15, 0.2) is 24.3 Å². The van der Waals surface area contributed by atoms with Crippen LogP contribution in [0.2, 0.25) is 0 Å². The molecule has 0 radical (unpaired) electrons. The summed E-state index contributed by atoms with van der Waals surface area (Å²) in [4.78, 5) is 10.4. The Morgan fingerprint density at radius 1 is 1.15 bits per heavy atom. The predicted octanol–water partition coefficient (Wildman–Crippen LogP) is 0.690. The second-order valence-electron chi connectivity index (χ2n) is 3.13. The van der Waals surface area contributed by atoms with E-state index in [1.54, 1.807) is 0 Å². The first-order chi connectivity index (χ1) is 6.40. The summed E-state index contributed by atoms with van der Waals surface area (Å²) in [5, 5.41) is 6.62. The number of carbonyl (C=O) groups excluding carboxylic acids is 1. The first kappa shape index (κ1) is 8.41. The van der Waals surface area contributed by atoms with Gasteiger partial charge >= 0.3 is 0 Å². The topological polar surface area (TPSA) is 41.1 Å². The summed E-state index contributed by atoms with van der Waals surface area (Å²) in [7, 11) is 0. The molecule has 1 aliphatic heterocycles. The molecule has 0 saturated carbocycles. The maximum Gasteiger partial charge on any atom is 0.150 e. The van der Waals surface area contributed by atoms with Gasteiger partial charge in [-0.05, 0) is 5.56 Å². The van der Waals surface area contributed by atoms with Crippen molar-refractivity contribution in [3.8, 4) is 0 Å². The summed E-state index contributed by atoms with van der Waals surface area (Å²) in [6.07, 6.45) is 1.11. The molecular weight excluding hydrogens is 164 g/mol. The Bertz CT molecular complexity index is 288. The van der Waals surface area contributed by atoms with Crippen LogP contribution >= 0.6 is 0 Å². The second kappa shape index (κ2) is 3.68. The molecule has 2 N–H and O–H groups in total. The average molecular weight is 176 g/mol. The van der Waals surface area contributed by atoms with Crippen LogP contribution in [0.4, 0.5) is 0 Å². The fourth-order valence-corrected chi connectivity index (χ4v) is 1.51. The van der Waals surface area contributed by atoms with Crippen molar-refractivity contribution in [1.82, 2.24) is 10.6 Å². The maximum atomic E-state index is 10.4. The lowest BCUT2D eigenvalue weighted by Crippen LogP contribution is -2.20. The second-order valence-corrected chi connectivity index (χ2v) is 3.13. The van der Waals surface area contributed by atoms with Gasteiger partial charge in [0.1, 0.15) is 6.29 Å². The monoisotopic (exact) mass is 176 g/mol. The molecule has 68 valence electrons. The predicted molar refractivity (Wildman–Crippen MR) is 50.6 cm³/mol. The fourth-order valence-electron chi connectivity index (χ4n) is 1.51. The van der Waals surface area contributed by atoms with Crippen LogP contribution in [0.3, 0.4) is 0 Å². The molecule has 0 atom stereocenters. The largest absolute Gasteiger partial charge is 0.298 e. The van der Waals surface area contributed by atoms with Gasteiger partial charge in [0.15, 0.2) is 0 Å². The molecule has 1 aromatic rings. The third kappa shape index (κ3) is 1.76. The molecule has 0 amide bonds. The molecule has 1 aromatic carbocycles. The summed E-state index contributed by atoms with van der Waals surface area (Å²) in [5.41, 5.74) is 1.91. The van der Waals surface area contributed by atoms with Crippen LogP contribution < -0.4 is 10.6 Å². The third-order valence-electron chi connectivity index (χ3n) is 2.23. The number of benzene rings is 1. The molecule has 3 heteroatoms. The standard InChI is InChI=1S/C10H12N2O/c13-7-8-1-3-9(4-2-8)10-11-5-6-12-10/h1-4,7,10-12H,5-6H2. The Balaban J connectivity index is 2.16. The minimum atomic E-state index is 0.251. The Morgan fingerprint density at radius 3 is 2.31 bits per heavy atom. The van der Waals surface area contributed by atoms with E-state index >= 15 is 0 Å². The van der Waals surface area contributed by atoms with E-state index in [1.165, 1.54) is 5.56 Å². The van der Waals surface area contributed by atoms with Gasteiger partial charge < -0.3 is 0 Å². The lowest BCUT2D eigenvalue weighted by atomic mass is 10.1. The fraction of sp³-hybridized carbons (Fsp3) is 0.300. The Morgan fingerprint density at radius 2 is 1.77 bits per heavy atom. The van der Waals surface area contributed by atoms with Crippen LogP contribution in [0, 0.1) is 0 Å². The van der Waals surface area contributed by atoms with Crippen molar-refractivity contribution in [2.45, 2.75) is 6.17 Å². The summed E-state index contributed by atoms with van der Waals surface area (Å²) in [6, 6.07) is 7.62. The number of aldehydes is 1. The summed E-state index contributed by atoms with van der Waals surface area (Å²) >= 11 is 0. The van der Waals surface area contributed by atoms with Crippen LogP contribution in [-0.2, 0) is 0 Å². The van der Waals surface area contributed by atoms with Crippen molar-refractivity contribution in [3.63, 3.8) is 0 Å². The highest BCUT2D eigenvalue weighted by Crippen LogP contribution is 2.12. The van der Waals surface area contributed by atoms with Gasteiger partial charge in [-0.15, -0.1) is 0 Å². The Labute approximate surface area is 77.1 Å². The minimum Gasteiger partial charge on any atom is -0.298 e. The third-order valence-corrected chi connectivity index (χ3v) is 2.23. The van der Waals surface area contributed by atoms with E-state index in [0.29, 0.717) is 0 Å². The molecule has 13 heavy (non-hydrogen) atoms. The van der Waals surface area contributed by atoms with E-state index in [4.69, 9.17) is 0 Å². The first-order valence-corrected chi connectivity index (χ1v) is 4.42. The Kier molecular flexibility index (Phi) is 2.38. The van der Waals surface area contributed by atoms with E-state index in [1.807, 2.05) is 24.3 Å². The molecule has 1 saturated heterocycles. The SMILES string of the molecule is O=Cc1ccc(C2NCCN2)cc1. The molecule has 2 rings (SSSR count). The molecule has 0 aliphatic carbocycles. The van der Waals surface area contributed by atoms with E-state index in [0.717, 1.165) is 24.9 Å². The summed E-state index contributed by atoms with van der Waals surface area (Å²) in [6.45, 7) is 2.00. The molecule has 3 nitrogen and oxygen atoms in total. The van der Waals surface area contributed by atoms with Crippen molar-refractivity contribution < 1.29 is 4.79 Å². The van der Waals surface area contributed by atoms with Crippen molar-refractivity contribution in [2.75, 3.05) is 13.1 Å².